The highest BCUT2D eigenvalue weighted by molar-refractivity contribution is 5.82. The molecular formula is C14H15N3O3. The number of aromatic nitrogens is 2. The van der Waals surface area contributed by atoms with Crippen LogP contribution in [-0.4, -0.2) is 14.7 Å². The molecule has 1 fully saturated rings. The molecule has 104 valence electrons. The summed E-state index contributed by atoms with van der Waals surface area (Å²) in [4.78, 5) is 22.8. The summed E-state index contributed by atoms with van der Waals surface area (Å²) in [6.07, 6.45) is 6.93. The van der Waals surface area contributed by atoms with E-state index in [1.807, 2.05) is 0 Å². The molecule has 0 bridgehead atoms. The number of non-ortho nitro benzene ring substituents is 1. The maximum Gasteiger partial charge on any atom is 0.275 e. The summed E-state index contributed by atoms with van der Waals surface area (Å²) < 4.78 is 1.51. The van der Waals surface area contributed by atoms with Gasteiger partial charge in [-0.05, 0) is 18.9 Å². The summed E-state index contributed by atoms with van der Waals surface area (Å²) in [6, 6.07) is 4.44. The molecule has 0 radical (unpaired) electrons. The van der Waals surface area contributed by atoms with Crippen molar-refractivity contribution in [2.75, 3.05) is 0 Å². The summed E-state index contributed by atoms with van der Waals surface area (Å²) >= 11 is 0. The van der Waals surface area contributed by atoms with Gasteiger partial charge in [0.15, 0.2) is 0 Å². The highest BCUT2D eigenvalue weighted by Crippen LogP contribution is 2.27. The zero-order chi connectivity index (χ0) is 14.1. The highest BCUT2D eigenvalue weighted by atomic mass is 16.6. The van der Waals surface area contributed by atoms with Crippen LogP contribution >= 0.6 is 0 Å². The summed E-state index contributed by atoms with van der Waals surface area (Å²) in [6.45, 7) is 0. The standard InChI is InChI=1S/C14H15N3O3/c18-14-13-8-12(17(19)20)7-6-10(13)9-15-16(14)11-4-2-1-3-5-11/h6-9,11H,1-5H2. The number of benzene rings is 1. The average molecular weight is 273 g/mol. The molecule has 6 nitrogen and oxygen atoms in total. The van der Waals surface area contributed by atoms with E-state index in [0.717, 1.165) is 25.7 Å². The van der Waals surface area contributed by atoms with Crippen molar-refractivity contribution in [2.24, 2.45) is 0 Å². The lowest BCUT2D eigenvalue weighted by atomic mass is 9.95. The third-order valence-electron chi connectivity index (χ3n) is 3.93. The number of nitro benzene ring substituents is 1. The topological polar surface area (TPSA) is 78.0 Å². The van der Waals surface area contributed by atoms with E-state index < -0.39 is 4.92 Å². The van der Waals surface area contributed by atoms with Crippen molar-refractivity contribution < 1.29 is 4.92 Å². The molecule has 1 aliphatic carbocycles. The van der Waals surface area contributed by atoms with Gasteiger partial charge in [0.2, 0.25) is 0 Å². The molecule has 3 rings (SSSR count). The third-order valence-corrected chi connectivity index (χ3v) is 3.93. The normalized spacial score (nSPS) is 16.4. The minimum absolute atomic E-state index is 0.0593. The molecule has 20 heavy (non-hydrogen) atoms. The Kier molecular flexibility index (Phi) is 3.22. The van der Waals surface area contributed by atoms with E-state index in [1.54, 1.807) is 12.3 Å². The number of hydrogen-bond donors (Lipinski definition) is 0. The molecule has 6 heteroatoms. The van der Waals surface area contributed by atoms with Crippen molar-refractivity contribution in [2.45, 2.75) is 38.1 Å². The van der Waals surface area contributed by atoms with E-state index in [-0.39, 0.29) is 17.3 Å². The van der Waals surface area contributed by atoms with Crippen LogP contribution in [0.3, 0.4) is 0 Å². The van der Waals surface area contributed by atoms with Crippen LogP contribution in [-0.2, 0) is 0 Å². The predicted molar refractivity (Wildman–Crippen MR) is 74.8 cm³/mol. The first-order chi connectivity index (χ1) is 9.66. The zero-order valence-corrected chi connectivity index (χ0v) is 11.0. The van der Waals surface area contributed by atoms with Crippen LogP contribution in [0.1, 0.15) is 38.1 Å². The van der Waals surface area contributed by atoms with Crippen LogP contribution in [0.25, 0.3) is 10.8 Å². The Morgan fingerprint density at radius 2 is 2.00 bits per heavy atom. The van der Waals surface area contributed by atoms with E-state index in [1.165, 1.54) is 23.2 Å². The Balaban J connectivity index is 2.13. The molecule has 0 N–H and O–H groups in total. The first-order valence-electron chi connectivity index (χ1n) is 6.83. The molecule has 2 aromatic rings. The maximum absolute atomic E-state index is 12.5. The minimum atomic E-state index is -0.482. The first-order valence-corrected chi connectivity index (χ1v) is 6.83. The van der Waals surface area contributed by atoms with E-state index >= 15 is 0 Å². The molecule has 0 aliphatic heterocycles. The lowest BCUT2D eigenvalue weighted by Gasteiger charge is -2.22. The second-order valence-corrected chi connectivity index (χ2v) is 5.21. The quantitative estimate of drug-likeness (QED) is 0.622. The van der Waals surface area contributed by atoms with Crippen molar-refractivity contribution in [3.05, 3.63) is 44.9 Å². The smallest absolute Gasteiger partial charge is 0.267 e. The van der Waals surface area contributed by atoms with Crippen molar-refractivity contribution >= 4 is 16.5 Å². The predicted octanol–water partition coefficient (Wildman–Crippen LogP) is 2.81. The Bertz CT molecular complexity index is 717. The summed E-state index contributed by atoms with van der Waals surface area (Å²) in [5.74, 6) is 0. The number of nitro groups is 1. The van der Waals surface area contributed by atoms with Gasteiger partial charge in [-0.25, -0.2) is 4.68 Å². The van der Waals surface area contributed by atoms with Gasteiger partial charge in [0.1, 0.15) is 0 Å². The highest BCUT2D eigenvalue weighted by Gasteiger charge is 2.19. The number of hydrogen-bond acceptors (Lipinski definition) is 4. The van der Waals surface area contributed by atoms with Gasteiger partial charge in [0.25, 0.3) is 11.2 Å². The molecule has 1 aliphatic rings. The van der Waals surface area contributed by atoms with E-state index in [4.69, 9.17) is 0 Å². The van der Waals surface area contributed by atoms with Crippen molar-refractivity contribution in [3.63, 3.8) is 0 Å². The van der Waals surface area contributed by atoms with Crippen LogP contribution in [0.2, 0.25) is 0 Å². The molecule has 0 atom stereocenters. The van der Waals surface area contributed by atoms with E-state index in [0.29, 0.717) is 10.8 Å². The molecular weight excluding hydrogens is 258 g/mol. The maximum atomic E-state index is 12.5. The van der Waals surface area contributed by atoms with Gasteiger partial charge in [0, 0.05) is 17.5 Å². The summed E-state index contributed by atoms with van der Waals surface area (Å²) in [7, 11) is 0. The van der Waals surface area contributed by atoms with Gasteiger partial charge in [-0.3, -0.25) is 14.9 Å². The zero-order valence-electron chi connectivity index (χ0n) is 11.0. The molecule has 0 saturated heterocycles. The second-order valence-electron chi connectivity index (χ2n) is 5.21. The van der Waals surface area contributed by atoms with Gasteiger partial charge in [-0.2, -0.15) is 5.10 Å². The molecule has 0 unspecified atom stereocenters. The third kappa shape index (κ3) is 2.17. The van der Waals surface area contributed by atoms with Gasteiger partial charge in [-0.1, -0.05) is 19.3 Å². The van der Waals surface area contributed by atoms with Crippen LogP contribution in [0.15, 0.2) is 29.2 Å². The number of fused-ring (bicyclic) bond motifs is 1. The van der Waals surface area contributed by atoms with Crippen LogP contribution in [0.5, 0.6) is 0 Å². The molecule has 1 aromatic carbocycles. The second kappa shape index (κ2) is 5.03. The molecule has 1 aromatic heterocycles. The molecule has 1 saturated carbocycles. The lowest BCUT2D eigenvalue weighted by molar-refractivity contribution is -0.384. The largest absolute Gasteiger partial charge is 0.275 e. The van der Waals surface area contributed by atoms with Gasteiger partial charge in [0.05, 0.1) is 22.5 Å². The monoisotopic (exact) mass is 273 g/mol. The molecule has 0 spiro atoms. The van der Waals surface area contributed by atoms with Crippen molar-refractivity contribution in [3.8, 4) is 0 Å². The lowest BCUT2D eigenvalue weighted by Crippen LogP contribution is -2.28. The van der Waals surface area contributed by atoms with Crippen molar-refractivity contribution in [1.82, 2.24) is 9.78 Å². The van der Waals surface area contributed by atoms with Gasteiger partial charge < -0.3 is 0 Å². The number of rotatable bonds is 2. The van der Waals surface area contributed by atoms with Crippen molar-refractivity contribution in [1.29, 1.82) is 0 Å². The summed E-state index contributed by atoms with van der Waals surface area (Å²) in [5.41, 5.74) is -0.283. The Labute approximate surface area is 115 Å². The minimum Gasteiger partial charge on any atom is -0.267 e. The van der Waals surface area contributed by atoms with Gasteiger partial charge >= 0.3 is 0 Å². The number of nitrogens with zero attached hydrogens (tertiary/aromatic N) is 3. The van der Waals surface area contributed by atoms with Gasteiger partial charge in [-0.15, -0.1) is 0 Å². The van der Waals surface area contributed by atoms with Crippen LogP contribution in [0, 0.1) is 10.1 Å². The Morgan fingerprint density at radius 1 is 1.25 bits per heavy atom. The summed E-state index contributed by atoms with van der Waals surface area (Å²) in [5, 5.41) is 16.1. The van der Waals surface area contributed by atoms with Crippen LogP contribution in [0.4, 0.5) is 5.69 Å². The SMILES string of the molecule is O=c1c2cc([N+](=O)[O-])ccc2cnn1C1CCCCC1. The fourth-order valence-electron chi connectivity index (χ4n) is 2.84. The van der Waals surface area contributed by atoms with Crippen LogP contribution < -0.4 is 5.56 Å². The Hall–Kier alpha value is -2.24. The first kappa shape index (κ1) is 12.8. The Morgan fingerprint density at radius 3 is 2.70 bits per heavy atom. The molecule has 0 amide bonds. The fourth-order valence-corrected chi connectivity index (χ4v) is 2.84. The van der Waals surface area contributed by atoms with E-state index in [9.17, 15) is 14.9 Å². The molecule has 1 heterocycles. The van der Waals surface area contributed by atoms with E-state index in [2.05, 4.69) is 5.10 Å². The average Bonchev–Trinajstić information content (AvgIpc) is 2.48. The fraction of sp³-hybridized carbons (Fsp3) is 0.429.